The van der Waals surface area contributed by atoms with Gasteiger partial charge in [-0.1, -0.05) is 6.08 Å². The van der Waals surface area contributed by atoms with Crippen LogP contribution in [0.5, 0.6) is 11.5 Å². The molecule has 2 fully saturated rings. The van der Waals surface area contributed by atoms with Gasteiger partial charge in [-0.2, -0.15) is 0 Å². The van der Waals surface area contributed by atoms with Gasteiger partial charge >= 0.3 is 0 Å². The number of methoxy groups -OCH3 is 3. The first-order valence-electron chi connectivity index (χ1n) is 9.09. The molecule has 2 saturated heterocycles. The Hall–Kier alpha value is -1.56. The second-order valence-corrected chi connectivity index (χ2v) is 7.51. The summed E-state index contributed by atoms with van der Waals surface area (Å²) in [6, 6.07) is 4.35. The van der Waals surface area contributed by atoms with Crippen LogP contribution in [0.2, 0.25) is 0 Å². The summed E-state index contributed by atoms with van der Waals surface area (Å²) in [6.07, 6.45) is 7.96. The van der Waals surface area contributed by atoms with Crippen LogP contribution in [-0.4, -0.2) is 57.1 Å². The molecule has 3 heterocycles. The maximum Gasteiger partial charge on any atom is 0.161 e. The Labute approximate surface area is 148 Å². The standard InChI is InChI=1S/C20H25NO4/c1-22-14-6-7-20-18(25-20)12-21-8-4-5-13-9-16(23-2)17(24-3)10-15(13)19(20,21)11-14/h6-7,9-10,14,18H,4-5,8,11-12H2,1-3H3. The van der Waals surface area contributed by atoms with Gasteiger partial charge in [0.25, 0.3) is 0 Å². The number of rotatable bonds is 3. The lowest BCUT2D eigenvalue weighted by molar-refractivity contribution is -0.0222. The fourth-order valence-corrected chi connectivity index (χ4v) is 5.43. The van der Waals surface area contributed by atoms with Crippen molar-refractivity contribution in [1.82, 2.24) is 4.90 Å². The molecule has 25 heavy (non-hydrogen) atoms. The Morgan fingerprint density at radius 2 is 1.96 bits per heavy atom. The van der Waals surface area contributed by atoms with Crippen LogP contribution < -0.4 is 9.47 Å². The molecule has 2 spiro atoms. The van der Waals surface area contributed by atoms with Crippen molar-refractivity contribution in [3.63, 3.8) is 0 Å². The normalized spacial score (nSPS) is 38.2. The molecule has 1 aliphatic carbocycles. The van der Waals surface area contributed by atoms with Crippen molar-refractivity contribution in [2.24, 2.45) is 0 Å². The summed E-state index contributed by atoms with van der Waals surface area (Å²) in [6.45, 7) is 2.08. The van der Waals surface area contributed by atoms with Gasteiger partial charge in [0.15, 0.2) is 11.5 Å². The zero-order chi connectivity index (χ0) is 17.2. The fraction of sp³-hybridized carbons (Fsp3) is 0.600. The van der Waals surface area contributed by atoms with Gasteiger partial charge in [-0.25, -0.2) is 0 Å². The van der Waals surface area contributed by atoms with Crippen LogP contribution >= 0.6 is 0 Å². The summed E-state index contributed by atoms with van der Waals surface area (Å²) in [5, 5.41) is 0. The maximum absolute atomic E-state index is 6.28. The lowest BCUT2D eigenvalue weighted by Gasteiger charge is -2.47. The number of nitrogens with zero attached hydrogens (tertiary/aromatic N) is 1. The van der Waals surface area contributed by atoms with Crippen LogP contribution in [0.15, 0.2) is 24.3 Å². The number of morpholine rings is 1. The minimum atomic E-state index is -0.208. The average molecular weight is 343 g/mol. The molecule has 4 atom stereocenters. The van der Waals surface area contributed by atoms with E-state index in [9.17, 15) is 0 Å². The molecule has 0 saturated carbocycles. The lowest BCUT2D eigenvalue weighted by Crippen LogP contribution is -2.54. The molecule has 0 N–H and O–H groups in total. The molecular weight excluding hydrogens is 318 g/mol. The Morgan fingerprint density at radius 3 is 2.72 bits per heavy atom. The SMILES string of the molecule is COc1cc2c(cc1OC)C13CC(OC)C=CC14OC4CN3CCC2. The molecule has 1 aromatic rings. The van der Waals surface area contributed by atoms with Gasteiger partial charge in [-0.15, -0.1) is 0 Å². The van der Waals surface area contributed by atoms with Gasteiger partial charge in [-0.05, 0) is 48.7 Å². The molecule has 4 aliphatic rings. The highest BCUT2D eigenvalue weighted by molar-refractivity contribution is 5.55. The number of benzene rings is 1. The highest BCUT2D eigenvalue weighted by Gasteiger charge is 2.77. The van der Waals surface area contributed by atoms with Gasteiger partial charge in [0.2, 0.25) is 0 Å². The number of hydrogen-bond donors (Lipinski definition) is 0. The predicted molar refractivity (Wildman–Crippen MR) is 93.3 cm³/mol. The van der Waals surface area contributed by atoms with Crippen molar-refractivity contribution in [2.75, 3.05) is 34.4 Å². The van der Waals surface area contributed by atoms with Crippen molar-refractivity contribution in [3.8, 4) is 11.5 Å². The molecule has 5 rings (SSSR count). The van der Waals surface area contributed by atoms with Crippen molar-refractivity contribution in [2.45, 2.75) is 42.6 Å². The summed E-state index contributed by atoms with van der Waals surface area (Å²) in [5.74, 6) is 1.60. The van der Waals surface area contributed by atoms with Crippen LogP contribution in [-0.2, 0) is 21.4 Å². The predicted octanol–water partition coefficient (Wildman–Crippen LogP) is 2.27. The second-order valence-electron chi connectivity index (χ2n) is 7.51. The first-order valence-corrected chi connectivity index (χ1v) is 9.09. The minimum Gasteiger partial charge on any atom is -0.493 e. The lowest BCUT2D eigenvalue weighted by atomic mass is 9.69. The van der Waals surface area contributed by atoms with Crippen LogP contribution in [0, 0.1) is 0 Å². The highest BCUT2D eigenvalue weighted by atomic mass is 16.6. The number of hydrogen-bond acceptors (Lipinski definition) is 5. The van der Waals surface area contributed by atoms with E-state index in [2.05, 4.69) is 29.2 Å². The molecule has 1 aromatic carbocycles. The summed E-state index contributed by atoms with van der Waals surface area (Å²) < 4.78 is 23.2. The third kappa shape index (κ3) is 1.84. The first kappa shape index (κ1) is 15.7. The number of aryl methyl sites for hydroxylation is 1. The first-order chi connectivity index (χ1) is 12.2. The van der Waals surface area contributed by atoms with E-state index >= 15 is 0 Å². The maximum atomic E-state index is 6.28. The van der Waals surface area contributed by atoms with E-state index in [1.165, 1.54) is 11.1 Å². The van der Waals surface area contributed by atoms with E-state index < -0.39 is 0 Å². The van der Waals surface area contributed by atoms with Crippen LogP contribution in [0.4, 0.5) is 0 Å². The van der Waals surface area contributed by atoms with Crippen molar-refractivity contribution < 1.29 is 18.9 Å². The van der Waals surface area contributed by atoms with Crippen LogP contribution in [0.1, 0.15) is 24.0 Å². The summed E-state index contributed by atoms with van der Waals surface area (Å²) in [4.78, 5) is 2.63. The van der Waals surface area contributed by atoms with Crippen molar-refractivity contribution in [3.05, 3.63) is 35.4 Å². The van der Waals surface area contributed by atoms with Crippen molar-refractivity contribution >= 4 is 0 Å². The zero-order valence-corrected chi connectivity index (χ0v) is 15.1. The summed E-state index contributed by atoms with van der Waals surface area (Å²) in [7, 11) is 5.20. The average Bonchev–Trinajstić information content (AvgIpc) is 3.30. The molecule has 5 heteroatoms. The number of fused-ring (bicyclic) bond motifs is 1. The van der Waals surface area contributed by atoms with Gasteiger partial charge in [0.05, 0.1) is 25.9 Å². The Kier molecular flexibility index (Phi) is 3.28. The van der Waals surface area contributed by atoms with Crippen molar-refractivity contribution in [1.29, 1.82) is 0 Å². The zero-order valence-electron chi connectivity index (χ0n) is 15.1. The molecule has 0 aromatic heterocycles. The van der Waals surface area contributed by atoms with Crippen LogP contribution in [0.3, 0.4) is 0 Å². The van der Waals surface area contributed by atoms with Crippen LogP contribution in [0.25, 0.3) is 0 Å². The summed E-state index contributed by atoms with van der Waals surface area (Å²) >= 11 is 0. The molecule has 0 amide bonds. The molecule has 0 bridgehead atoms. The molecule has 0 radical (unpaired) electrons. The third-order valence-electron chi connectivity index (χ3n) is 6.62. The number of ether oxygens (including phenoxy) is 4. The van der Waals surface area contributed by atoms with E-state index in [0.29, 0.717) is 6.10 Å². The van der Waals surface area contributed by atoms with E-state index in [4.69, 9.17) is 18.9 Å². The van der Waals surface area contributed by atoms with Gasteiger partial charge in [0, 0.05) is 20.1 Å². The third-order valence-corrected chi connectivity index (χ3v) is 6.62. The smallest absolute Gasteiger partial charge is 0.161 e. The largest absolute Gasteiger partial charge is 0.493 e. The highest BCUT2D eigenvalue weighted by Crippen LogP contribution is 2.65. The molecule has 3 aliphatic heterocycles. The topological polar surface area (TPSA) is 43.5 Å². The molecular formula is C20H25NO4. The van der Waals surface area contributed by atoms with E-state index in [1.807, 2.05) is 0 Å². The van der Waals surface area contributed by atoms with Gasteiger partial charge in [0.1, 0.15) is 11.7 Å². The molecule has 4 unspecified atom stereocenters. The Balaban J connectivity index is 1.75. The number of epoxide rings is 1. The van der Waals surface area contributed by atoms with E-state index in [1.54, 1.807) is 21.3 Å². The fourth-order valence-electron chi connectivity index (χ4n) is 5.43. The monoisotopic (exact) mass is 343 g/mol. The van der Waals surface area contributed by atoms with Gasteiger partial charge in [-0.3, -0.25) is 4.90 Å². The van der Waals surface area contributed by atoms with E-state index in [0.717, 1.165) is 43.9 Å². The Morgan fingerprint density at radius 1 is 1.16 bits per heavy atom. The Bertz CT molecular complexity index is 747. The second kappa shape index (κ2) is 5.22. The molecule has 5 nitrogen and oxygen atoms in total. The quantitative estimate of drug-likeness (QED) is 0.622. The minimum absolute atomic E-state index is 0.107. The molecule has 134 valence electrons. The van der Waals surface area contributed by atoms with Gasteiger partial charge < -0.3 is 18.9 Å². The summed E-state index contributed by atoms with van der Waals surface area (Å²) in [5.41, 5.74) is 2.30. The van der Waals surface area contributed by atoms with E-state index in [-0.39, 0.29) is 17.2 Å².